The number of likely N-dealkylation sites (tertiary alicyclic amines) is 1. The lowest BCUT2D eigenvalue weighted by Gasteiger charge is -2.32. The number of hydrogen-bond acceptors (Lipinski definition) is 8. The molecular weight excluding hydrogens is 690 g/mol. The van der Waals surface area contributed by atoms with Crippen LogP contribution >= 0.6 is 0 Å². The zero-order chi connectivity index (χ0) is 37.7. The maximum atomic E-state index is 14.5. The van der Waals surface area contributed by atoms with Crippen molar-refractivity contribution in [2.45, 2.75) is 121 Å². The van der Waals surface area contributed by atoms with Gasteiger partial charge in [-0.3, -0.25) is 24.0 Å². The first-order chi connectivity index (χ1) is 24.4. The maximum absolute atomic E-state index is 14.5. The summed E-state index contributed by atoms with van der Waals surface area (Å²) in [6.07, 6.45) is 0.117. The minimum atomic E-state index is -3.87. The van der Waals surface area contributed by atoms with Gasteiger partial charge in [0.1, 0.15) is 29.5 Å². The second kappa shape index (κ2) is 14.0. The summed E-state index contributed by atoms with van der Waals surface area (Å²) >= 11 is 0. The van der Waals surface area contributed by atoms with Crippen molar-refractivity contribution in [1.82, 2.24) is 19.8 Å². The normalized spacial score (nSPS) is 24.7. The first kappa shape index (κ1) is 37.6. The molecule has 2 aliphatic carbocycles. The Hall–Kier alpha value is -4.20. The van der Waals surface area contributed by atoms with E-state index in [1.165, 1.54) is 15.9 Å². The van der Waals surface area contributed by atoms with E-state index in [2.05, 4.69) is 36.1 Å². The molecule has 282 valence electrons. The number of amides is 4. The summed E-state index contributed by atoms with van der Waals surface area (Å²) < 4.78 is 47.9. The second-order valence-corrected chi connectivity index (χ2v) is 18.1. The van der Waals surface area contributed by atoms with Gasteiger partial charge in [0.05, 0.1) is 18.3 Å². The lowest BCUT2D eigenvalue weighted by atomic mass is 9.87. The molecule has 4 amide bonds. The van der Waals surface area contributed by atoms with E-state index < -0.39 is 62.7 Å². The van der Waals surface area contributed by atoms with Gasteiger partial charge in [-0.15, -0.1) is 0 Å². The fraction of sp³-hybridized carbons (Fsp3) is 0.579. The Balaban J connectivity index is 1.24. The van der Waals surface area contributed by atoms with Crippen LogP contribution < -0.4 is 15.4 Å². The molecule has 5 atom stereocenters. The van der Waals surface area contributed by atoms with Crippen molar-refractivity contribution in [2.24, 2.45) is 11.8 Å². The Labute approximate surface area is 305 Å². The maximum Gasteiger partial charge on any atom is 0.410 e. The van der Waals surface area contributed by atoms with Gasteiger partial charge in [0.15, 0.2) is 0 Å². The van der Waals surface area contributed by atoms with Crippen molar-refractivity contribution >= 4 is 39.5 Å². The molecule has 0 aromatic heterocycles. The van der Waals surface area contributed by atoms with Crippen LogP contribution in [0.2, 0.25) is 0 Å². The van der Waals surface area contributed by atoms with E-state index in [0.29, 0.717) is 30.4 Å². The van der Waals surface area contributed by atoms with Gasteiger partial charge in [0, 0.05) is 24.2 Å². The number of nitrogens with zero attached hydrogens (tertiary/aromatic N) is 2. The van der Waals surface area contributed by atoms with E-state index in [0.717, 1.165) is 11.3 Å². The molecule has 3 N–H and O–H groups in total. The van der Waals surface area contributed by atoms with Gasteiger partial charge in [0.2, 0.25) is 21.8 Å². The number of carbonyl (C=O) groups is 4. The molecule has 0 unspecified atom stereocenters. The van der Waals surface area contributed by atoms with E-state index in [4.69, 9.17) is 4.74 Å². The van der Waals surface area contributed by atoms with Crippen LogP contribution in [0.1, 0.15) is 90.3 Å². The predicted molar refractivity (Wildman–Crippen MR) is 193 cm³/mol. The number of halogens is 1. The molecule has 2 aromatic carbocycles. The molecule has 12 nitrogen and oxygen atoms in total. The fourth-order valence-corrected chi connectivity index (χ4v) is 8.71. The molecule has 52 heavy (non-hydrogen) atoms. The summed E-state index contributed by atoms with van der Waals surface area (Å²) in [7, 11) is -3.87. The fourth-order valence-electron chi connectivity index (χ4n) is 7.34. The van der Waals surface area contributed by atoms with Crippen molar-refractivity contribution < 1.29 is 36.7 Å². The van der Waals surface area contributed by atoms with Crippen LogP contribution in [-0.2, 0) is 47.6 Å². The van der Waals surface area contributed by atoms with E-state index in [1.54, 1.807) is 12.1 Å². The highest BCUT2D eigenvalue weighted by Gasteiger charge is 2.62. The van der Waals surface area contributed by atoms with Crippen LogP contribution in [0, 0.1) is 17.7 Å². The molecule has 6 rings (SSSR count). The quantitative estimate of drug-likeness (QED) is 0.303. The zero-order valence-electron chi connectivity index (χ0n) is 30.7. The number of anilines is 1. The summed E-state index contributed by atoms with van der Waals surface area (Å²) in [5.74, 6) is -2.71. The summed E-state index contributed by atoms with van der Waals surface area (Å²) in [6, 6.07) is 10.6. The Bertz CT molecular complexity index is 1860. The first-order valence-corrected chi connectivity index (χ1v) is 19.8. The van der Waals surface area contributed by atoms with E-state index in [-0.39, 0.29) is 55.6 Å². The molecule has 2 heterocycles. The molecule has 3 fully saturated rings. The molecule has 14 heteroatoms. The molecule has 2 saturated carbocycles. The highest BCUT2D eigenvalue weighted by molar-refractivity contribution is 7.91. The van der Waals surface area contributed by atoms with Crippen molar-refractivity contribution in [2.75, 3.05) is 11.9 Å². The Morgan fingerprint density at radius 2 is 1.77 bits per heavy atom. The smallest absolute Gasteiger partial charge is 0.410 e. The molecule has 4 aliphatic rings. The predicted octanol–water partition coefficient (Wildman–Crippen LogP) is 4.57. The Kier molecular flexibility index (Phi) is 10.1. The first-order valence-electron chi connectivity index (χ1n) is 18.2. The number of benzene rings is 2. The monoisotopic (exact) mass is 739 g/mol. The topological polar surface area (TPSA) is 154 Å². The number of sulfonamides is 1. The molecular formula is C38H50FN5O7S. The third kappa shape index (κ3) is 7.62. The van der Waals surface area contributed by atoms with Gasteiger partial charge >= 0.3 is 6.09 Å². The van der Waals surface area contributed by atoms with Crippen LogP contribution in [0.3, 0.4) is 0 Å². The lowest BCUT2D eigenvalue weighted by molar-refractivity contribution is -0.140. The Morgan fingerprint density at radius 1 is 1.06 bits per heavy atom. The van der Waals surface area contributed by atoms with Crippen LogP contribution in [-0.4, -0.2) is 77.6 Å². The third-order valence-electron chi connectivity index (χ3n) is 10.8. The van der Waals surface area contributed by atoms with E-state index >= 15 is 0 Å². The highest BCUT2D eigenvalue weighted by Crippen LogP contribution is 2.47. The van der Waals surface area contributed by atoms with E-state index in [1.807, 2.05) is 45.0 Å². The van der Waals surface area contributed by atoms with Crippen LogP contribution in [0.4, 0.5) is 14.9 Å². The lowest BCUT2D eigenvalue weighted by Crippen LogP contribution is -2.58. The van der Waals surface area contributed by atoms with Crippen LogP contribution in [0.15, 0.2) is 42.5 Å². The molecule has 2 aromatic rings. The van der Waals surface area contributed by atoms with Gasteiger partial charge in [-0.2, -0.15) is 0 Å². The van der Waals surface area contributed by atoms with Crippen molar-refractivity contribution in [1.29, 1.82) is 0 Å². The molecule has 2 aliphatic heterocycles. The largest absolute Gasteiger partial charge is 0.444 e. The minimum Gasteiger partial charge on any atom is -0.444 e. The summed E-state index contributed by atoms with van der Waals surface area (Å²) in [5.41, 5.74) is 1.34. The van der Waals surface area contributed by atoms with Gasteiger partial charge < -0.3 is 20.3 Å². The average molecular weight is 740 g/mol. The SMILES string of the molecule is CC[C@@H]1C[C@]1(NC(=O)[C@@H]1C[C@@H](OC(=O)N2Cc3cccc(F)c3C2)CN1C(=O)[C@@H](Nc1cccc(C(C)(C)C)c1)C(C)C)C(=O)NS(=O)(=O)C1CC1. The number of ether oxygens (including phenoxy) is 1. The highest BCUT2D eigenvalue weighted by atomic mass is 32.2. The van der Waals surface area contributed by atoms with Gasteiger partial charge in [-0.05, 0) is 65.8 Å². The molecule has 0 bridgehead atoms. The number of hydrogen-bond donors (Lipinski definition) is 3. The van der Waals surface area contributed by atoms with Crippen molar-refractivity contribution in [3.8, 4) is 0 Å². The minimum absolute atomic E-state index is 0.0346. The molecule has 0 radical (unpaired) electrons. The van der Waals surface area contributed by atoms with Crippen LogP contribution in [0.5, 0.6) is 0 Å². The number of fused-ring (bicyclic) bond motifs is 1. The average Bonchev–Trinajstić information content (AvgIpc) is 3.97. The molecule has 0 spiro atoms. The number of nitrogens with one attached hydrogen (secondary N) is 3. The number of carbonyl (C=O) groups excluding carboxylic acids is 4. The van der Waals surface area contributed by atoms with Crippen LogP contribution in [0.25, 0.3) is 0 Å². The molecule has 1 saturated heterocycles. The summed E-state index contributed by atoms with van der Waals surface area (Å²) in [6.45, 7) is 12.1. The third-order valence-corrected chi connectivity index (χ3v) is 12.7. The summed E-state index contributed by atoms with van der Waals surface area (Å²) in [5, 5.41) is 5.60. The van der Waals surface area contributed by atoms with Crippen molar-refractivity contribution in [3.63, 3.8) is 0 Å². The standard InChI is InChI=1S/C38H50FN5O7S/c1-7-24-18-38(24,35(47)42-52(49,50)28-14-15-28)41-33(45)31-17-27(51-36(48)43-19-23-10-8-13-30(39)29(23)21-43)20-44(31)34(46)32(22(2)3)40-26-12-9-11-25(16-26)37(4,5)6/h8-13,16,22,24,27-28,31-32,40H,7,14-15,17-21H2,1-6H3,(H,41,45)(H,42,47)/t24-,27-,31+,32+,38-/m1/s1. The number of rotatable bonds is 11. The van der Waals surface area contributed by atoms with Crippen molar-refractivity contribution in [3.05, 3.63) is 65.0 Å². The second-order valence-electron chi connectivity index (χ2n) is 16.1. The zero-order valence-corrected chi connectivity index (χ0v) is 31.5. The van der Waals surface area contributed by atoms with Gasteiger partial charge in [0.25, 0.3) is 5.91 Å². The summed E-state index contributed by atoms with van der Waals surface area (Å²) in [4.78, 5) is 58.4. The van der Waals surface area contributed by atoms with Gasteiger partial charge in [-0.1, -0.05) is 72.2 Å². The van der Waals surface area contributed by atoms with E-state index in [9.17, 15) is 32.0 Å². The van der Waals surface area contributed by atoms with Gasteiger partial charge in [-0.25, -0.2) is 17.6 Å². The Morgan fingerprint density at radius 3 is 2.38 bits per heavy atom.